The normalized spacial score (nSPS) is 22.7. The summed E-state index contributed by atoms with van der Waals surface area (Å²) in [7, 11) is 0. The second-order valence-electron chi connectivity index (χ2n) is 8.31. The molecule has 1 saturated carbocycles. The van der Waals surface area contributed by atoms with E-state index in [0.29, 0.717) is 17.3 Å². The topological polar surface area (TPSA) is 70.1 Å². The van der Waals surface area contributed by atoms with Crippen molar-refractivity contribution in [3.63, 3.8) is 0 Å². The van der Waals surface area contributed by atoms with E-state index in [1.165, 1.54) is 18.3 Å². The van der Waals surface area contributed by atoms with Crippen LogP contribution in [-0.2, 0) is 5.54 Å². The zero-order valence-electron chi connectivity index (χ0n) is 17.3. The summed E-state index contributed by atoms with van der Waals surface area (Å²) in [5, 5.41) is 3.39. The van der Waals surface area contributed by atoms with Crippen molar-refractivity contribution in [1.29, 1.82) is 0 Å². The number of aromatic nitrogens is 2. The van der Waals surface area contributed by atoms with Crippen LogP contribution in [0.3, 0.4) is 0 Å². The SMILES string of the molecule is C[C@@H]1N=C(c2c[nH]c(=O)c(C(F)F)c2)N[C@@]1(c1ccc(F)cc1)c1ccc(C2CC2)nc1. The quantitative estimate of drug-likeness (QED) is 0.620. The number of nitrogens with zero attached hydrogens (tertiary/aromatic N) is 2. The lowest BCUT2D eigenvalue weighted by Gasteiger charge is -2.35. The maximum absolute atomic E-state index is 13.7. The second-order valence-corrected chi connectivity index (χ2v) is 8.31. The standard InChI is InChI=1S/C24H21F3N4O/c1-13-24(16-4-7-18(25)8-5-16,17-6-9-20(28-12-17)14-2-3-14)31-22(30-13)15-10-19(21(26)27)23(32)29-11-15/h4-14,21H,2-3H2,1H3,(H,29,32)(H,30,31)/t13-,24-/m0/s1. The van der Waals surface area contributed by atoms with Crippen LogP contribution in [0.2, 0.25) is 0 Å². The van der Waals surface area contributed by atoms with E-state index in [-0.39, 0.29) is 11.9 Å². The minimum absolute atomic E-state index is 0.346. The van der Waals surface area contributed by atoms with Gasteiger partial charge in [0.2, 0.25) is 0 Å². The van der Waals surface area contributed by atoms with Crippen molar-refractivity contribution in [1.82, 2.24) is 15.3 Å². The molecule has 0 spiro atoms. The number of aliphatic imine (C=N–C) groups is 1. The Morgan fingerprint density at radius 1 is 1.09 bits per heavy atom. The molecule has 5 rings (SSSR count). The van der Waals surface area contributed by atoms with Crippen molar-refractivity contribution in [2.24, 2.45) is 4.99 Å². The fourth-order valence-electron chi connectivity index (χ4n) is 4.33. The molecular weight excluding hydrogens is 417 g/mol. The molecule has 5 nitrogen and oxygen atoms in total. The summed E-state index contributed by atoms with van der Waals surface area (Å²) in [5.41, 5.74) is 0.659. The summed E-state index contributed by atoms with van der Waals surface area (Å²) in [4.78, 5) is 23.5. The van der Waals surface area contributed by atoms with E-state index in [2.05, 4.69) is 15.3 Å². The first kappa shape index (κ1) is 20.5. The van der Waals surface area contributed by atoms with Crippen molar-refractivity contribution in [2.75, 3.05) is 0 Å². The second kappa shape index (κ2) is 7.62. The van der Waals surface area contributed by atoms with E-state index in [9.17, 15) is 18.0 Å². The molecule has 2 N–H and O–H groups in total. The first-order chi connectivity index (χ1) is 15.4. The molecule has 0 unspecified atom stereocenters. The Morgan fingerprint density at radius 2 is 1.81 bits per heavy atom. The highest BCUT2D eigenvalue weighted by Gasteiger charge is 2.45. The third-order valence-electron chi connectivity index (χ3n) is 6.24. The van der Waals surface area contributed by atoms with Gasteiger partial charge in [-0.1, -0.05) is 18.2 Å². The summed E-state index contributed by atoms with van der Waals surface area (Å²) in [6, 6.07) is 10.9. The van der Waals surface area contributed by atoms with Gasteiger partial charge in [-0.05, 0) is 49.6 Å². The molecule has 1 aliphatic carbocycles. The van der Waals surface area contributed by atoms with Gasteiger partial charge in [-0.25, -0.2) is 13.2 Å². The molecule has 3 heterocycles. The van der Waals surface area contributed by atoms with Crippen molar-refractivity contribution < 1.29 is 13.2 Å². The molecule has 164 valence electrons. The highest BCUT2D eigenvalue weighted by molar-refractivity contribution is 6.01. The molecule has 0 radical (unpaired) electrons. The predicted molar refractivity (Wildman–Crippen MR) is 115 cm³/mol. The van der Waals surface area contributed by atoms with Crippen LogP contribution >= 0.6 is 0 Å². The smallest absolute Gasteiger partial charge is 0.269 e. The Kier molecular flexibility index (Phi) is 4.87. The minimum atomic E-state index is -2.90. The van der Waals surface area contributed by atoms with Crippen LogP contribution in [0.25, 0.3) is 0 Å². The van der Waals surface area contributed by atoms with Crippen molar-refractivity contribution >= 4 is 5.84 Å². The number of nitrogens with one attached hydrogen (secondary N) is 2. The highest BCUT2D eigenvalue weighted by Crippen LogP contribution is 2.42. The van der Waals surface area contributed by atoms with E-state index >= 15 is 0 Å². The Labute approximate surface area is 182 Å². The van der Waals surface area contributed by atoms with E-state index in [1.54, 1.807) is 18.3 Å². The average Bonchev–Trinajstić information content (AvgIpc) is 3.58. The number of hydrogen-bond donors (Lipinski definition) is 2. The Bertz CT molecular complexity index is 1230. The van der Waals surface area contributed by atoms with Crippen LogP contribution in [0.1, 0.15) is 60.1 Å². The van der Waals surface area contributed by atoms with Crippen LogP contribution in [0, 0.1) is 5.82 Å². The summed E-state index contributed by atoms with van der Waals surface area (Å²) in [6.07, 6.45) is 2.53. The molecule has 2 aliphatic rings. The van der Waals surface area contributed by atoms with Crippen molar-refractivity contribution in [2.45, 2.75) is 43.7 Å². The summed E-state index contributed by atoms with van der Waals surface area (Å²) >= 11 is 0. The van der Waals surface area contributed by atoms with Gasteiger partial charge in [0, 0.05) is 35.1 Å². The molecule has 32 heavy (non-hydrogen) atoms. The number of halogens is 3. The predicted octanol–water partition coefficient (Wildman–Crippen LogP) is 4.41. The van der Waals surface area contributed by atoms with Crippen molar-refractivity contribution in [3.8, 4) is 0 Å². The third kappa shape index (κ3) is 3.39. The first-order valence-electron chi connectivity index (χ1n) is 10.5. The molecule has 8 heteroatoms. The number of aromatic amines is 1. The fraction of sp³-hybridized carbons (Fsp3) is 0.292. The van der Waals surface area contributed by atoms with Crippen molar-refractivity contribution in [3.05, 3.63) is 99.0 Å². The molecule has 1 aliphatic heterocycles. The Morgan fingerprint density at radius 3 is 2.44 bits per heavy atom. The van der Waals surface area contributed by atoms with Gasteiger partial charge in [0.25, 0.3) is 12.0 Å². The van der Waals surface area contributed by atoms with Gasteiger partial charge >= 0.3 is 0 Å². The van der Waals surface area contributed by atoms with Gasteiger partial charge in [0.05, 0.1) is 11.6 Å². The number of benzene rings is 1. The largest absolute Gasteiger partial charge is 0.354 e. The third-order valence-corrected chi connectivity index (χ3v) is 6.24. The van der Waals surface area contributed by atoms with E-state index < -0.39 is 23.1 Å². The van der Waals surface area contributed by atoms with E-state index in [0.717, 1.165) is 35.7 Å². The number of pyridine rings is 2. The van der Waals surface area contributed by atoms with Gasteiger partial charge < -0.3 is 10.3 Å². The number of H-pyrrole nitrogens is 1. The maximum atomic E-state index is 13.7. The van der Waals surface area contributed by atoms with Gasteiger partial charge in [-0.2, -0.15) is 0 Å². The molecule has 2 aromatic heterocycles. The summed E-state index contributed by atoms with van der Waals surface area (Å²) in [6.45, 7) is 1.90. The number of rotatable bonds is 5. The summed E-state index contributed by atoms with van der Waals surface area (Å²) in [5.74, 6) is 0.506. The first-order valence-corrected chi connectivity index (χ1v) is 10.5. The zero-order valence-corrected chi connectivity index (χ0v) is 17.3. The summed E-state index contributed by atoms with van der Waals surface area (Å²) < 4.78 is 40.2. The van der Waals surface area contributed by atoms with Gasteiger partial charge in [-0.3, -0.25) is 14.8 Å². The maximum Gasteiger partial charge on any atom is 0.269 e. The van der Waals surface area contributed by atoms with Gasteiger partial charge in [0.15, 0.2) is 0 Å². The lowest BCUT2D eigenvalue weighted by molar-refractivity contribution is 0.149. The van der Waals surface area contributed by atoms with Crippen LogP contribution in [0.5, 0.6) is 0 Å². The molecule has 0 saturated heterocycles. The molecule has 0 bridgehead atoms. The Balaban J connectivity index is 1.59. The average molecular weight is 438 g/mol. The van der Waals surface area contributed by atoms with Crippen LogP contribution in [0.4, 0.5) is 13.2 Å². The number of alkyl halides is 2. The van der Waals surface area contributed by atoms with Gasteiger partial charge in [0.1, 0.15) is 17.2 Å². The van der Waals surface area contributed by atoms with Crippen LogP contribution in [0.15, 0.2) is 64.6 Å². The minimum Gasteiger partial charge on any atom is -0.354 e. The molecule has 3 aromatic rings. The van der Waals surface area contributed by atoms with Crippen LogP contribution < -0.4 is 10.9 Å². The molecule has 1 aromatic carbocycles. The van der Waals surface area contributed by atoms with E-state index in [4.69, 9.17) is 4.99 Å². The van der Waals surface area contributed by atoms with Gasteiger partial charge in [-0.15, -0.1) is 0 Å². The fourth-order valence-corrected chi connectivity index (χ4v) is 4.33. The molecular formula is C24H21F3N4O. The molecule has 1 fully saturated rings. The zero-order chi connectivity index (χ0) is 22.5. The number of hydrogen-bond acceptors (Lipinski definition) is 4. The lowest BCUT2D eigenvalue weighted by Crippen LogP contribution is -2.48. The Hall–Kier alpha value is -3.42. The monoisotopic (exact) mass is 438 g/mol. The van der Waals surface area contributed by atoms with E-state index in [1.807, 2.05) is 19.1 Å². The highest BCUT2D eigenvalue weighted by atomic mass is 19.3. The van der Waals surface area contributed by atoms with Crippen LogP contribution in [-0.4, -0.2) is 21.8 Å². The molecule has 0 amide bonds. The number of amidine groups is 1. The molecule has 2 atom stereocenters. The lowest BCUT2D eigenvalue weighted by atomic mass is 9.79.